The van der Waals surface area contributed by atoms with E-state index in [9.17, 15) is 25.0 Å². The number of hydrogen-bond acceptors (Lipinski definition) is 8. The van der Waals surface area contributed by atoms with Gasteiger partial charge in [0, 0.05) is 18.4 Å². The average Bonchev–Trinajstić information content (AvgIpc) is 2.68. The number of benzene rings is 3. The number of carbonyl (C=O) groups is 1. The number of rotatable bonds is 5. The number of carbonyl (C=O) groups excluding carboxylic acids is 1. The summed E-state index contributed by atoms with van der Waals surface area (Å²) in [6.07, 6.45) is 0. The first kappa shape index (κ1) is 20.8. The zero-order valence-electron chi connectivity index (χ0n) is 15.7. The first-order valence-corrected chi connectivity index (χ1v) is 8.82. The van der Waals surface area contributed by atoms with Gasteiger partial charge in [0.1, 0.15) is 11.3 Å². The van der Waals surface area contributed by atoms with E-state index in [0.717, 1.165) is 11.5 Å². The maximum absolute atomic E-state index is 11.6. The van der Waals surface area contributed by atoms with Gasteiger partial charge >= 0.3 is 11.7 Å². The second-order valence-corrected chi connectivity index (χ2v) is 6.55. The molecule has 0 amide bonds. The van der Waals surface area contributed by atoms with Crippen LogP contribution in [0.3, 0.4) is 0 Å². The van der Waals surface area contributed by atoms with Crippen LogP contribution < -0.4 is 4.74 Å². The van der Waals surface area contributed by atoms with Gasteiger partial charge < -0.3 is 4.74 Å². The highest BCUT2D eigenvalue weighted by atomic mass is 35.5. The van der Waals surface area contributed by atoms with Gasteiger partial charge in [0.15, 0.2) is 11.4 Å². The topological polar surface area (TPSA) is 137 Å². The Bertz CT molecular complexity index is 1240. The Morgan fingerprint density at radius 3 is 2.40 bits per heavy atom. The van der Waals surface area contributed by atoms with Crippen LogP contribution in [0.2, 0.25) is 5.02 Å². The lowest BCUT2D eigenvalue weighted by atomic mass is 10.1. The molecular formula is C19H13ClN4O6. The zero-order chi connectivity index (χ0) is 22.0. The SMILES string of the molecule is CC(=O)Oc1c(N=Nc2c(Cl)cc([N+](=O)[O-])c(C)c2[N+](=O)[O-])ccc2ccccc12. The molecule has 0 aliphatic carbocycles. The summed E-state index contributed by atoms with van der Waals surface area (Å²) >= 11 is 6.03. The number of ether oxygens (including phenoxy) is 1. The molecule has 152 valence electrons. The first-order valence-electron chi connectivity index (χ1n) is 8.44. The van der Waals surface area contributed by atoms with Crippen molar-refractivity contribution in [3.63, 3.8) is 0 Å². The van der Waals surface area contributed by atoms with E-state index in [-0.39, 0.29) is 27.7 Å². The number of hydrogen-bond donors (Lipinski definition) is 0. The molecular weight excluding hydrogens is 416 g/mol. The lowest BCUT2D eigenvalue weighted by Gasteiger charge is -2.09. The van der Waals surface area contributed by atoms with Gasteiger partial charge in [-0.05, 0) is 18.4 Å². The van der Waals surface area contributed by atoms with E-state index < -0.39 is 27.2 Å². The minimum atomic E-state index is -0.810. The van der Waals surface area contributed by atoms with E-state index in [0.29, 0.717) is 5.39 Å². The smallest absolute Gasteiger partial charge is 0.308 e. The van der Waals surface area contributed by atoms with Gasteiger partial charge in [-0.25, -0.2) is 0 Å². The van der Waals surface area contributed by atoms with Gasteiger partial charge in [0.25, 0.3) is 5.69 Å². The minimum absolute atomic E-state index is 0.127. The Kier molecular flexibility index (Phi) is 5.70. The van der Waals surface area contributed by atoms with Gasteiger partial charge in [-0.2, -0.15) is 0 Å². The molecule has 0 aromatic heterocycles. The number of fused-ring (bicyclic) bond motifs is 1. The van der Waals surface area contributed by atoms with Crippen molar-refractivity contribution in [3.05, 3.63) is 73.3 Å². The number of esters is 1. The van der Waals surface area contributed by atoms with Crippen LogP contribution >= 0.6 is 11.6 Å². The van der Waals surface area contributed by atoms with Crippen LogP contribution in [0.25, 0.3) is 10.8 Å². The molecule has 0 N–H and O–H groups in total. The molecule has 0 saturated heterocycles. The fourth-order valence-electron chi connectivity index (χ4n) is 2.88. The van der Waals surface area contributed by atoms with E-state index in [1.165, 1.54) is 19.9 Å². The van der Waals surface area contributed by atoms with Crippen molar-refractivity contribution < 1.29 is 19.4 Å². The molecule has 30 heavy (non-hydrogen) atoms. The van der Waals surface area contributed by atoms with Crippen LogP contribution in [-0.2, 0) is 4.79 Å². The minimum Gasteiger partial charge on any atom is -0.424 e. The summed E-state index contributed by atoms with van der Waals surface area (Å²) in [7, 11) is 0. The molecule has 10 nitrogen and oxygen atoms in total. The summed E-state index contributed by atoms with van der Waals surface area (Å²) in [4.78, 5) is 32.6. The molecule has 0 aliphatic heterocycles. The molecule has 0 radical (unpaired) electrons. The van der Waals surface area contributed by atoms with Gasteiger partial charge in [0.05, 0.1) is 14.9 Å². The van der Waals surface area contributed by atoms with Crippen LogP contribution in [0.1, 0.15) is 12.5 Å². The molecule has 0 atom stereocenters. The maximum Gasteiger partial charge on any atom is 0.308 e. The Hall–Kier alpha value is -3.92. The number of nitro benzene ring substituents is 2. The van der Waals surface area contributed by atoms with Crippen molar-refractivity contribution in [1.82, 2.24) is 0 Å². The molecule has 0 heterocycles. The van der Waals surface area contributed by atoms with E-state index in [1.807, 2.05) is 12.1 Å². The fourth-order valence-corrected chi connectivity index (χ4v) is 3.11. The van der Waals surface area contributed by atoms with Crippen molar-refractivity contribution >= 4 is 51.1 Å². The van der Waals surface area contributed by atoms with Crippen molar-refractivity contribution in [2.24, 2.45) is 10.2 Å². The predicted octanol–water partition coefficient (Wildman–Crippen LogP) is 5.96. The third kappa shape index (κ3) is 3.94. The Morgan fingerprint density at radius 1 is 1.07 bits per heavy atom. The number of nitro groups is 2. The summed E-state index contributed by atoms with van der Waals surface area (Å²) in [5.74, 6) is -0.459. The largest absolute Gasteiger partial charge is 0.424 e. The average molecular weight is 429 g/mol. The van der Waals surface area contributed by atoms with Gasteiger partial charge in [0.2, 0.25) is 0 Å². The van der Waals surface area contributed by atoms with E-state index in [1.54, 1.807) is 18.2 Å². The summed E-state index contributed by atoms with van der Waals surface area (Å²) in [6, 6.07) is 11.3. The highest BCUT2D eigenvalue weighted by molar-refractivity contribution is 6.33. The van der Waals surface area contributed by atoms with Crippen LogP contribution in [0.15, 0.2) is 52.7 Å². The Balaban J connectivity index is 2.20. The Morgan fingerprint density at radius 2 is 1.77 bits per heavy atom. The molecule has 3 aromatic rings. The van der Waals surface area contributed by atoms with Crippen LogP contribution in [-0.4, -0.2) is 15.8 Å². The normalized spacial score (nSPS) is 11.0. The first-order chi connectivity index (χ1) is 14.2. The third-order valence-electron chi connectivity index (χ3n) is 4.19. The number of halogens is 1. The van der Waals surface area contributed by atoms with Crippen LogP contribution in [0.4, 0.5) is 22.7 Å². The van der Waals surface area contributed by atoms with Gasteiger partial charge in [-0.15, -0.1) is 10.2 Å². The highest BCUT2D eigenvalue weighted by Gasteiger charge is 2.29. The maximum atomic E-state index is 11.6. The molecule has 3 rings (SSSR count). The van der Waals surface area contributed by atoms with Crippen molar-refractivity contribution in [1.29, 1.82) is 0 Å². The second-order valence-electron chi connectivity index (χ2n) is 6.14. The second kappa shape index (κ2) is 8.21. The fraction of sp³-hybridized carbons (Fsp3) is 0.105. The van der Waals surface area contributed by atoms with Crippen LogP contribution in [0.5, 0.6) is 5.75 Å². The van der Waals surface area contributed by atoms with Crippen molar-refractivity contribution in [3.8, 4) is 5.75 Å². The summed E-state index contributed by atoms with van der Waals surface area (Å²) in [6.45, 7) is 2.45. The molecule has 0 aliphatic rings. The number of azo groups is 1. The molecule has 3 aromatic carbocycles. The standard InChI is InChI=1S/C19H13ClN4O6/c1-10-16(23(26)27)9-14(20)17(18(10)24(28)29)22-21-15-8-7-12-5-3-4-6-13(12)19(15)30-11(2)25/h3-9H,1-2H3. The lowest BCUT2D eigenvalue weighted by Crippen LogP contribution is -2.02. The molecule has 11 heteroatoms. The molecule has 0 unspecified atom stereocenters. The molecule has 0 bridgehead atoms. The van der Waals surface area contributed by atoms with Crippen molar-refractivity contribution in [2.75, 3.05) is 0 Å². The summed E-state index contributed by atoms with van der Waals surface area (Å²) in [5, 5.41) is 31.6. The Labute approximate surface area is 174 Å². The molecule has 0 spiro atoms. The third-order valence-corrected chi connectivity index (χ3v) is 4.48. The van der Waals surface area contributed by atoms with E-state index in [2.05, 4.69) is 10.2 Å². The highest BCUT2D eigenvalue weighted by Crippen LogP contribution is 2.44. The summed E-state index contributed by atoms with van der Waals surface area (Å²) < 4.78 is 5.28. The van der Waals surface area contributed by atoms with Gasteiger partial charge in [-0.3, -0.25) is 25.0 Å². The zero-order valence-corrected chi connectivity index (χ0v) is 16.4. The van der Waals surface area contributed by atoms with E-state index in [4.69, 9.17) is 16.3 Å². The van der Waals surface area contributed by atoms with Crippen molar-refractivity contribution in [2.45, 2.75) is 13.8 Å². The summed E-state index contributed by atoms with van der Waals surface area (Å²) in [5.41, 5.74) is -1.55. The van der Waals surface area contributed by atoms with Crippen LogP contribution in [0, 0.1) is 27.2 Å². The van der Waals surface area contributed by atoms with Gasteiger partial charge in [-0.1, -0.05) is 41.9 Å². The lowest BCUT2D eigenvalue weighted by molar-refractivity contribution is -0.394. The molecule has 0 saturated carbocycles. The molecule has 0 fully saturated rings. The quantitative estimate of drug-likeness (QED) is 0.161. The number of nitrogens with zero attached hydrogens (tertiary/aromatic N) is 4. The monoisotopic (exact) mass is 428 g/mol. The van der Waals surface area contributed by atoms with E-state index >= 15 is 0 Å². The predicted molar refractivity (Wildman–Crippen MR) is 109 cm³/mol.